The molecule has 0 aliphatic rings. The fourth-order valence-electron chi connectivity index (χ4n) is 2.54. The predicted molar refractivity (Wildman–Crippen MR) is 90.5 cm³/mol. The summed E-state index contributed by atoms with van der Waals surface area (Å²) in [7, 11) is 0. The quantitative estimate of drug-likeness (QED) is 0.610. The van der Waals surface area contributed by atoms with Gasteiger partial charge in [-0.1, -0.05) is 35.0 Å². The van der Waals surface area contributed by atoms with Crippen molar-refractivity contribution in [2.75, 3.05) is 5.32 Å². The molecule has 0 spiro atoms. The highest BCUT2D eigenvalue weighted by atomic mass is 16.5. The Kier molecular flexibility index (Phi) is 3.49. The Hall–Kier alpha value is -3.15. The van der Waals surface area contributed by atoms with Gasteiger partial charge >= 0.3 is 0 Å². The van der Waals surface area contributed by atoms with Gasteiger partial charge < -0.3 is 14.3 Å². The Bertz CT molecular complexity index is 986. The molecule has 0 fully saturated rings. The summed E-state index contributed by atoms with van der Waals surface area (Å²) in [4.78, 5) is 8.58. The lowest BCUT2D eigenvalue weighted by Gasteiger charge is -2.03. The summed E-state index contributed by atoms with van der Waals surface area (Å²) in [5.41, 5.74) is 4.09. The van der Waals surface area contributed by atoms with Crippen LogP contribution < -0.4 is 5.32 Å². The first kappa shape index (κ1) is 14.4. The van der Waals surface area contributed by atoms with E-state index in [1.807, 2.05) is 50.2 Å². The number of rotatable bonds is 4. The van der Waals surface area contributed by atoms with Gasteiger partial charge in [-0.2, -0.15) is 0 Å². The van der Waals surface area contributed by atoms with Crippen LogP contribution in [0.1, 0.15) is 17.1 Å². The maximum Gasteiger partial charge on any atom is 0.228 e. The Morgan fingerprint density at radius 2 is 1.83 bits per heavy atom. The lowest BCUT2D eigenvalue weighted by Crippen LogP contribution is -2.01. The van der Waals surface area contributed by atoms with Crippen LogP contribution >= 0.6 is 0 Å². The first-order chi connectivity index (χ1) is 11.7. The molecule has 0 atom stereocenters. The van der Waals surface area contributed by atoms with Crippen molar-refractivity contribution in [2.45, 2.75) is 20.4 Å². The van der Waals surface area contributed by atoms with Crippen LogP contribution in [0.4, 0.5) is 5.82 Å². The lowest BCUT2D eigenvalue weighted by molar-refractivity contribution is 0.458. The van der Waals surface area contributed by atoms with E-state index in [2.05, 4.69) is 20.4 Å². The number of nitrogens with one attached hydrogen (secondary N) is 1. The molecular formula is C18H16N4O2. The number of hydrogen-bond donors (Lipinski definition) is 1. The standard InChI is InChI=1S/C18H16N4O2/c1-11-3-6-13(7-4-11)15-16-17(24-22-15)18(21-10-20-16)19-9-14-8-5-12(2)23-14/h3-8,10H,9H2,1-2H3,(H,19,20,21). The van der Waals surface area contributed by atoms with Crippen LogP contribution in [-0.2, 0) is 6.54 Å². The molecule has 1 aromatic carbocycles. The number of hydrogen-bond acceptors (Lipinski definition) is 6. The van der Waals surface area contributed by atoms with E-state index in [-0.39, 0.29) is 0 Å². The third-order valence-electron chi connectivity index (χ3n) is 3.81. The van der Waals surface area contributed by atoms with E-state index >= 15 is 0 Å². The topological polar surface area (TPSA) is 77.0 Å². The van der Waals surface area contributed by atoms with E-state index in [0.29, 0.717) is 29.2 Å². The van der Waals surface area contributed by atoms with Crippen LogP contribution in [0.3, 0.4) is 0 Å². The largest absolute Gasteiger partial charge is 0.465 e. The van der Waals surface area contributed by atoms with E-state index in [1.165, 1.54) is 11.9 Å². The predicted octanol–water partition coefficient (Wildman–Crippen LogP) is 4.11. The summed E-state index contributed by atoms with van der Waals surface area (Å²) < 4.78 is 11.0. The molecule has 6 heteroatoms. The Balaban J connectivity index is 1.67. The molecule has 0 radical (unpaired) electrons. The van der Waals surface area contributed by atoms with Crippen molar-refractivity contribution in [1.29, 1.82) is 0 Å². The Morgan fingerprint density at radius 1 is 1.00 bits per heavy atom. The van der Waals surface area contributed by atoms with Crippen LogP contribution in [0.25, 0.3) is 22.4 Å². The molecule has 4 aromatic rings. The van der Waals surface area contributed by atoms with E-state index in [9.17, 15) is 0 Å². The summed E-state index contributed by atoms with van der Waals surface area (Å²) in [6, 6.07) is 11.9. The van der Waals surface area contributed by atoms with Gasteiger partial charge in [-0.05, 0) is 26.0 Å². The first-order valence-electron chi connectivity index (χ1n) is 7.67. The second-order valence-electron chi connectivity index (χ2n) is 5.66. The van der Waals surface area contributed by atoms with Gasteiger partial charge in [-0.3, -0.25) is 0 Å². The molecule has 3 heterocycles. The lowest BCUT2D eigenvalue weighted by atomic mass is 10.1. The van der Waals surface area contributed by atoms with Crippen molar-refractivity contribution in [3.05, 3.63) is 59.8 Å². The average molecular weight is 320 g/mol. The fraction of sp³-hybridized carbons (Fsp3) is 0.167. The number of nitrogens with zero attached hydrogens (tertiary/aromatic N) is 3. The zero-order chi connectivity index (χ0) is 16.5. The molecule has 0 unspecified atom stereocenters. The molecule has 0 saturated carbocycles. The van der Waals surface area contributed by atoms with Crippen molar-refractivity contribution in [1.82, 2.24) is 15.1 Å². The summed E-state index contributed by atoms with van der Waals surface area (Å²) in [6.07, 6.45) is 1.51. The minimum atomic E-state index is 0.514. The van der Waals surface area contributed by atoms with Gasteiger partial charge in [0.25, 0.3) is 0 Å². The molecule has 4 rings (SSSR count). The van der Waals surface area contributed by atoms with Crippen molar-refractivity contribution < 1.29 is 8.94 Å². The number of furan rings is 1. The van der Waals surface area contributed by atoms with Gasteiger partial charge in [0.1, 0.15) is 29.1 Å². The number of anilines is 1. The SMILES string of the molecule is Cc1ccc(-c2noc3c(NCc4ccc(C)o4)ncnc23)cc1. The molecule has 24 heavy (non-hydrogen) atoms. The van der Waals surface area contributed by atoms with Crippen molar-refractivity contribution >= 4 is 16.9 Å². The highest BCUT2D eigenvalue weighted by Crippen LogP contribution is 2.29. The maximum absolute atomic E-state index is 5.55. The van der Waals surface area contributed by atoms with Crippen LogP contribution in [0, 0.1) is 13.8 Å². The van der Waals surface area contributed by atoms with Gasteiger partial charge in [0, 0.05) is 5.56 Å². The third kappa shape index (κ3) is 2.62. The van der Waals surface area contributed by atoms with E-state index < -0.39 is 0 Å². The van der Waals surface area contributed by atoms with Crippen LogP contribution in [0.15, 0.2) is 51.7 Å². The van der Waals surface area contributed by atoms with Crippen molar-refractivity contribution in [3.63, 3.8) is 0 Å². The van der Waals surface area contributed by atoms with Crippen LogP contribution in [0.2, 0.25) is 0 Å². The summed E-state index contributed by atoms with van der Waals surface area (Å²) in [6.45, 7) is 4.47. The summed E-state index contributed by atoms with van der Waals surface area (Å²) in [5, 5.41) is 7.39. The number of benzene rings is 1. The first-order valence-corrected chi connectivity index (χ1v) is 7.67. The van der Waals surface area contributed by atoms with Gasteiger partial charge in [0.05, 0.1) is 6.54 Å². The van der Waals surface area contributed by atoms with E-state index in [0.717, 1.165) is 17.1 Å². The minimum Gasteiger partial charge on any atom is -0.465 e. The maximum atomic E-state index is 5.55. The van der Waals surface area contributed by atoms with Crippen LogP contribution in [-0.4, -0.2) is 15.1 Å². The smallest absolute Gasteiger partial charge is 0.228 e. The molecule has 0 saturated heterocycles. The van der Waals surface area contributed by atoms with Crippen molar-refractivity contribution in [2.24, 2.45) is 0 Å². The van der Waals surface area contributed by atoms with Gasteiger partial charge in [-0.15, -0.1) is 0 Å². The van der Waals surface area contributed by atoms with Gasteiger partial charge in [0.2, 0.25) is 5.58 Å². The molecule has 3 aromatic heterocycles. The normalized spacial score (nSPS) is 11.1. The van der Waals surface area contributed by atoms with E-state index in [4.69, 9.17) is 8.94 Å². The molecule has 0 bridgehead atoms. The molecule has 120 valence electrons. The monoisotopic (exact) mass is 320 g/mol. The summed E-state index contributed by atoms with van der Waals surface area (Å²) >= 11 is 0. The van der Waals surface area contributed by atoms with Gasteiger partial charge in [0.15, 0.2) is 5.82 Å². The van der Waals surface area contributed by atoms with Gasteiger partial charge in [-0.25, -0.2) is 9.97 Å². The minimum absolute atomic E-state index is 0.514. The molecule has 0 aliphatic heterocycles. The highest BCUT2D eigenvalue weighted by molar-refractivity contribution is 5.93. The Morgan fingerprint density at radius 3 is 2.58 bits per heavy atom. The van der Waals surface area contributed by atoms with Crippen LogP contribution in [0.5, 0.6) is 0 Å². The summed E-state index contributed by atoms with van der Waals surface area (Å²) in [5.74, 6) is 2.30. The zero-order valence-electron chi connectivity index (χ0n) is 13.4. The third-order valence-corrected chi connectivity index (χ3v) is 3.81. The fourth-order valence-corrected chi connectivity index (χ4v) is 2.54. The number of fused-ring (bicyclic) bond motifs is 1. The number of aryl methyl sites for hydroxylation is 2. The van der Waals surface area contributed by atoms with Crippen molar-refractivity contribution in [3.8, 4) is 11.3 Å². The second-order valence-corrected chi connectivity index (χ2v) is 5.66. The second kappa shape index (κ2) is 5.81. The zero-order valence-corrected chi connectivity index (χ0v) is 13.4. The average Bonchev–Trinajstić information content (AvgIpc) is 3.20. The molecule has 0 aliphatic carbocycles. The molecule has 1 N–H and O–H groups in total. The Labute approximate surface area is 138 Å². The molecule has 0 amide bonds. The van der Waals surface area contributed by atoms with E-state index in [1.54, 1.807) is 0 Å². The number of aromatic nitrogens is 3. The highest BCUT2D eigenvalue weighted by Gasteiger charge is 2.16. The molecule has 6 nitrogen and oxygen atoms in total. The molecular weight excluding hydrogens is 304 g/mol.